The lowest BCUT2D eigenvalue weighted by Gasteiger charge is -2.19. The molecule has 0 spiro atoms. The van der Waals surface area contributed by atoms with Gasteiger partial charge in [0.1, 0.15) is 0 Å². The molecule has 1 heterocycles. The molecule has 0 aliphatic heterocycles. The van der Waals surface area contributed by atoms with E-state index in [1.807, 2.05) is 32.0 Å². The highest BCUT2D eigenvalue weighted by atomic mass is 19.4. The van der Waals surface area contributed by atoms with E-state index in [0.29, 0.717) is 34.2 Å². The number of aryl methyl sites for hydroxylation is 2. The minimum atomic E-state index is -5.09. The highest BCUT2D eigenvalue weighted by Crippen LogP contribution is 2.37. The van der Waals surface area contributed by atoms with Gasteiger partial charge in [0.05, 0.1) is 17.7 Å². The van der Waals surface area contributed by atoms with Crippen LogP contribution in [0, 0.1) is 13.8 Å². The van der Waals surface area contributed by atoms with Crippen LogP contribution in [0.5, 0.6) is 0 Å². The normalized spacial score (nSPS) is 12.1. The maximum absolute atomic E-state index is 13.3. The molecule has 1 amide bonds. The molecule has 10 heteroatoms. The Kier molecular flexibility index (Phi) is 6.86. The van der Waals surface area contributed by atoms with Gasteiger partial charge in [0.15, 0.2) is 0 Å². The molecule has 0 aliphatic rings. The minimum Gasteiger partial charge on any atom is -0.346 e. The third-order valence-electron chi connectivity index (χ3n) is 6.46. The summed E-state index contributed by atoms with van der Waals surface area (Å²) in [4.78, 5) is 26.1. The number of fused-ring (bicyclic) bond motifs is 1. The Hall–Kier alpha value is -4.08. The maximum atomic E-state index is 13.3. The molecule has 4 rings (SSSR count). The van der Waals surface area contributed by atoms with Crippen LogP contribution in [0.15, 0.2) is 65.5 Å². The number of benzene rings is 3. The van der Waals surface area contributed by atoms with Crippen molar-refractivity contribution >= 4 is 16.7 Å². The molecular formula is C28H22F6N2O2. The van der Waals surface area contributed by atoms with Gasteiger partial charge < -0.3 is 9.88 Å². The number of halogens is 6. The number of hydrogen-bond acceptors (Lipinski definition) is 2. The van der Waals surface area contributed by atoms with Crippen molar-refractivity contribution < 1.29 is 31.1 Å². The fourth-order valence-electron chi connectivity index (χ4n) is 4.31. The van der Waals surface area contributed by atoms with Crippen molar-refractivity contribution in [3.05, 3.63) is 105 Å². The number of nitrogens with zero attached hydrogens (tertiary/aromatic N) is 1. The standard InChI is InChI=1S/C28H22F6N2O2/c1-15-9-21-22(10-16(15)2)26(38)36(3)23(24(21)17-7-5-4-6-8-17)14-35-25(37)18-11-19(27(29,30)31)13-20(12-18)28(32,33)34/h4-13H,14H2,1-3H3,(H,35,37). The van der Waals surface area contributed by atoms with Crippen LogP contribution in [0.25, 0.3) is 21.9 Å². The van der Waals surface area contributed by atoms with Crippen LogP contribution >= 0.6 is 0 Å². The molecular weight excluding hydrogens is 510 g/mol. The second kappa shape index (κ2) is 9.66. The Morgan fingerprint density at radius 3 is 1.87 bits per heavy atom. The first-order chi connectivity index (χ1) is 17.7. The Balaban J connectivity index is 1.83. The van der Waals surface area contributed by atoms with E-state index in [0.717, 1.165) is 16.7 Å². The first-order valence-corrected chi connectivity index (χ1v) is 11.4. The van der Waals surface area contributed by atoms with Gasteiger partial charge >= 0.3 is 12.4 Å². The summed E-state index contributed by atoms with van der Waals surface area (Å²) in [6, 6.07) is 13.3. The number of hydrogen-bond donors (Lipinski definition) is 1. The highest BCUT2D eigenvalue weighted by Gasteiger charge is 2.37. The molecule has 0 radical (unpaired) electrons. The van der Waals surface area contributed by atoms with Gasteiger partial charge in [-0.1, -0.05) is 36.4 Å². The van der Waals surface area contributed by atoms with E-state index in [4.69, 9.17) is 0 Å². The molecule has 38 heavy (non-hydrogen) atoms. The third-order valence-corrected chi connectivity index (χ3v) is 6.46. The second-order valence-electron chi connectivity index (χ2n) is 9.01. The lowest BCUT2D eigenvalue weighted by Crippen LogP contribution is -2.29. The Labute approximate surface area is 213 Å². The van der Waals surface area contributed by atoms with Gasteiger partial charge in [-0.15, -0.1) is 0 Å². The summed E-state index contributed by atoms with van der Waals surface area (Å²) in [5.74, 6) is -1.15. The monoisotopic (exact) mass is 532 g/mol. The molecule has 198 valence electrons. The van der Waals surface area contributed by atoms with Gasteiger partial charge in [-0.25, -0.2) is 0 Å². The van der Waals surface area contributed by atoms with Crippen molar-refractivity contribution in [2.45, 2.75) is 32.7 Å². The summed E-state index contributed by atoms with van der Waals surface area (Å²) in [7, 11) is 1.50. The van der Waals surface area contributed by atoms with E-state index in [9.17, 15) is 35.9 Å². The average Bonchev–Trinajstić information content (AvgIpc) is 2.85. The third kappa shape index (κ3) is 5.16. The summed E-state index contributed by atoms with van der Waals surface area (Å²) in [6.45, 7) is 3.43. The number of carbonyl (C=O) groups is 1. The van der Waals surface area contributed by atoms with Crippen molar-refractivity contribution in [1.82, 2.24) is 9.88 Å². The van der Waals surface area contributed by atoms with E-state index in [1.165, 1.54) is 11.6 Å². The van der Waals surface area contributed by atoms with Crippen molar-refractivity contribution in [3.8, 4) is 11.1 Å². The molecule has 0 unspecified atom stereocenters. The number of nitrogens with one attached hydrogen (secondary N) is 1. The van der Waals surface area contributed by atoms with E-state index in [-0.39, 0.29) is 18.2 Å². The van der Waals surface area contributed by atoms with Crippen molar-refractivity contribution in [3.63, 3.8) is 0 Å². The maximum Gasteiger partial charge on any atom is 0.416 e. The van der Waals surface area contributed by atoms with Crippen LogP contribution in [-0.4, -0.2) is 10.5 Å². The van der Waals surface area contributed by atoms with Gasteiger partial charge in [0.2, 0.25) is 0 Å². The van der Waals surface area contributed by atoms with Crippen LogP contribution in [0.4, 0.5) is 26.3 Å². The largest absolute Gasteiger partial charge is 0.416 e. The quantitative estimate of drug-likeness (QED) is 0.294. The summed E-state index contributed by atoms with van der Waals surface area (Å²) < 4.78 is 80.9. The van der Waals surface area contributed by atoms with Crippen LogP contribution in [0.2, 0.25) is 0 Å². The van der Waals surface area contributed by atoms with E-state index < -0.39 is 35.0 Å². The Morgan fingerprint density at radius 2 is 1.34 bits per heavy atom. The van der Waals surface area contributed by atoms with Gasteiger partial charge in [-0.2, -0.15) is 26.3 Å². The molecule has 1 N–H and O–H groups in total. The first kappa shape index (κ1) is 27.0. The average molecular weight is 532 g/mol. The molecule has 4 nitrogen and oxygen atoms in total. The van der Waals surface area contributed by atoms with Crippen molar-refractivity contribution in [2.24, 2.45) is 7.05 Å². The molecule has 0 aliphatic carbocycles. The first-order valence-electron chi connectivity index (χ1n) is 11.4. The number of aromatic nitrogens is 1. The lowest BCUT2D eigenvalue weighted by molar-refractivity contribution is -0.143. The summed E-state index contributed by atoms with van der Waals surface area (Å²) in [5, 5.41) is 3.47. The Morgan fingerprint density at radius 1 is 0.816 bits per heavy atom. The van der Waals surface area contributed by atoms with Crippen molar-refractivity contribution in [1.29, 1.82) is 0 Å². The van der Waals surface area contributed by atoms with E-state index in [2.05, 4.69) is 5.32 Å². The van der Waals surface area contributed by atoms with Crippen LogP contribution in [0.3, 0.4) is 0 Å². The molecule has 1 aromatic heterocycles. The fourth-order valence-corrected chi connectivity index (χ4v) is 4.31. The topological polar surface area (TPSA) is 51.1 Å². The molecule has 4 aromatic rings. The molecule has 0 fully saturated rings. The predicted octanol–water partition coefficient (Wildman–Crippen LogP) is 6.79. The van der Waals surface area contributed by atoms with E-state index in [1.54, 1.807) is 24.3 Å². The summed E-state index contributed by atoms with van der Waals surface area (Å²) >= 11 is 0. The zero-order valence-electron chi connectivity index (χ0n) is 20.5. The summed E-state index contributed by atoms with van der Waals surface area (Å²) in [6.07, 6.45) is -10.2. The molecule has 0 saturated carbocycles. The summed E-state index contributed by atoms with van der Waals surface area (Å²) in [5.41, 5.74) is -0.839. The second-order valence-corrected chi connectivity index (χ2v) is 9.01. The zero-order valence-corrected chi connectivity index (χ0v) is 20.5. The number of rotatable bonds is 4. The Bertz CT molecular complexity index is 1570. The molecule has 3 aromatic carbocycles. The highest BCUT2D eigenvalue weighted by molar-refractivity contribution is 5.99. The van der Waals surface area contributed by atoms with E-state index >= 15 is 0 Å². The van der Waals surface area contributed by atoms with Crippen molar-refractivity contribution in [2.75, 3.05) is 0 Å². The van der Waals surface area contributed by atoms with Gasteiger partial charge in [-0.05, 0) is 60.2 Å². The van der Waals surface area contributed by atoms with Crippen LogP contribution < -0.4 is 10.9 Å². The predicted molar refractivity (Wildman–Crippen MR) is 132 cm³/mol. The number of alkyl halides is 6. The minimum absolute atomic E-state index is 0.0400. The number of amides is 1. The van der Waals surface area contributed by atoms with Crippen LogP contribution in [-0.2, 0) is 25.9 Å². The van der Waals surface area contributed by atoms with Crippen LogP contribution in [0.1, 0.15) is 38.3 Å². The number of pyridine rings is 1. The zero-order chi connectivity index (χ0) is 28.0. The lowest BCUT2D eigenvalue weighted by atomic mass is 9.94. The molecule has 0 atom stereocenters. The van der Waals surface area contributed by atoms with Gasteiger partial charge in [0, 0.05) is 29.3 Å². The SMILES string of the molecule is Cc1cc2c(-c3ccccc3)c(CNC(=O)c3cc(C(F)(F)F)cc(C(F)(F)F)c3)n(C)c(=O)c2cc1C. The molecule has 0 bridgehead atoms. The number of carbonyl (C=O) groups excluding carboxylic acids is 1. The van der Waals surface area contributed by atoms with Gasteiger partial charge in [-0.3, -0.25) is 9.59 Å². The smallest absolute Gasteiger partial charge is 0.346 e. The fraction of sp³-hybridized carbons (Fsp3) is 0.214. The molecule has 0 saturated heterocycles. The van der Waals surface area contributed by atoms with Gasteiger partial charge in [0.25, 0.3) is 11.5 Å².